The number of halogens is 1. The Bertz CT molecular complexity index is 346. The minimum atomic E-state index is -0.511. The first-order chi connectivity index (χ1) is 6.43. The van der Waals surface area contributed by atoms with Crippen LogP contribution in [0, 0.1) is 0 Å². The third-order valence-electron chi connectivity index (χ3n) is 1.64. The topological polar surface area (TPSA) is 42.0 Å². The van der Waals surface area contributed by atoms with Crippen molar-refractivity contribution in [2.24, 2.45) is 0 Å². The van der Waals surface area contributed by atoms with Gasteiger partial charge in [0, 0.05) is 11.6 Å². The normalized spacial score (nSPS) is 11.1. The van der Waals surface area contributed by atoms with E-state index in [1.165, 1.54) is 11.3 Å². The lowest BCUT2D eigenvalue weighted by Gasteiger charge is -2.23. The Balaban J connectivity index is 2.77. The van der Waals surface area contributed by atoms with Crippen LogP contribution < -0.4 is 5.32 Å². The smallest absolute Gasteiger partial charge is 0.262 e. The molecule has 76 valence electrons. The summed E-state index contributed by atoms with van der Waals surface area (Å²) in [4.78, 5) is 15.4. The van der Waals surface area contributed by atoms with E-state index in [1.54, 1.807) is 6.20 Å². The molecule has 1 amide bonds. The summed E-state index contributed by atoms with van der Waals surface area (Å²) in [5.41, 5.74) is -0.511. The van der Waals surface area contributed by atoms with Crippen LogP contribution in [0.3, 0.4) is 0 Å². The molecular weight excluding hydrogens is 220 g/mol. The maximum absolute atomic E-state index is 11.3. The highest BCUT2D eigenvalue weighted by atomic mass is 35.5. The molecule has 0 fully saturated rings. The van der Waals surface area contributed by atoms with Gasteiger partial charge in [-0.05, 0) is 13.8 Å². The molecular formula is C9H11ClN2OS. The van der Waals surface area contributed by atoms with Gasteiger partial charge in [-0.25, -0.2) is 4.98 Å². The Morgan fingerprint density at radius 2 is 2.36 bits per heavy atom. The van der Waals surface area contributed by atoms with Crippen molar-refractivity contribution in [2.75, 3.05) is 0 Å². The summed E-state index contributed by atoms with van der Waals surface area (Å²) in [5.74, 6) is -0.369. The molecule has 1 rings (SSSR count). The first-order valence-corrected chi connectivity index (χ1v) is 5.26. The lowest BCUT2D eigenvalue weighted by atomic mass is 10.1. The third kappa shape index (κ3) is 2.56. The molecule has 0 aliphatic rings. The number of carbonyl (C=O) groups is 1. The molecule has 0 bridgehead atoms. The number of hydrogen-bond acceptors (Lipinski definition) is 3. The van der Waals surface area contributed by atoms with Gasteiger partial charge in [-0.3, -0.25) is 4.79 Å². The van der Waals surface area contributed by atoms with Crippen LogP contribution in [0.15, 0.2) is 23.2 Å². The zero-order valence-electron chi connectivity index (χ0n) is 8.00. The predicted octanol–water partition coefficient (Wildman–Crippen LogP) is 2.25. The van der Waals surface area contributed by atoms with Crippen LogP contribution in [-0.2, 0) is 10.3 Å². The average molecular weight is 231 g/mol. The van der Waals surface area contributed by atoms with E-state index in [4.69, 9.17) is 11.6 Å². The van der Waals surface area contributed by atoms with Gasteiger partial charge in [0.05, 0.1) is 10.6 Å². The van der Waals surface area contributed by atoms with Gasteiger partial charge in [-0.2, -0.15) is 0 Å². The first-order valence-electron chi connectivity index (χ1n) is 4.00. The first kappa shape index (κ1) is 11.2. The van der Waals surface area contributed by atoms with Gasteiger partial charge in [-0.1, -0.05) is 18.2 Å². The summed E-state index contributed by atoms with van der Waals surface area (Å²) in [6.07, 6.45) is 1.70. The van der Waals surface area contributed by atoms with E-state index >= 15 is 0 Å². The average Bonchev–Trinajstić information content (AvgIpc) is 2.54. The molecule has 0 saturated carbocycles. The molecule has 0 aliphatic heterocycles. The molecule has 1 aromatic heterocycles. The molecule has 1 heterocycles. The lowest BCUT2D eigenvalue weighted by molar-refractivity contribution is -0.118. The molecule has 0 atom stereocenters. The van der Waals surface area contributed by atoms with Gasteiger partial charge in [0.1, 0.15) is 5.01 Å². The number of nitrogens with zero attached hydrogens (tertiary/aromatic N) is 1. The standard InChI is InChI=1S/C9H11ClN2OS/c1-6(10)7(13)12-9(2,3)8-11-4-5-14-8/h4-5H,1H2,2-3H3,(H,12,13). The second-order valence-corrected chi connectivity index (χ2v) is 4.67. The summed E-state index contributed by atoms with van der Waals surface area (Å²) in [6, 6.07) is 0. The third-order valence-corrected chi connectivity index (χ3v) is 2.91. The van der Waals surface area contributed by atoms with Crippen molar-refractivity contribution >= 4 is 28.8 Å². The summed E-state index contributed by atoms with van der Waals surface area (Å²) in [5, 5.41) is 5.41. The van der Waals surface area contributed by atoms with Crippen molar-refractivity contribution in [3.63, 3.8) is 0 Å². The maximum atomic E-state index is 11.3. The number of aromatic nitrogens is 1. The number of hydrogen-bond donors (Lipinski definition) is 1. The summed E-state index contributed by atoms with van der Waals surface area (Å²) >= 11 is 6.96. The van der Waals surface area contributed by atoms with E-state index in [0.717, 1.165) is 5.01 Å². The second-order valence-electron chi connectivity index (χ2n) is 3.32. The van der Waals surface area contributed by atoms with Gasteiger partial charge < -0.3 is 5.32 Å². The summed E-state index contributed by atoms with van der Waals surface area (Å²) in [6.45, 7) is 7.09. The highest BCUT2D eigenvalue weighted by molar-refractivity contribution is 7.09. The van der Waals surface area contributed by atoms with Gasteiger partial charge >= 0.3 is 0 Å². The Labute approximate surface area is 91.8 Å². The molecule has 1 N–H and O–H groups in total. The fourth-order valence-electron chi connectivity index (χ4n) is 0.937. The molecule has 5 heteroatoms. The number of carbonyl (C=O) groups excluding carboxylic acids is 1. The Kier molecular flexibility index (Phi) is 3.29. The monoisotopic (exact) mass is 230 g/mol. The lowest BCUT2D eigenvalue weighted by Crippen LogP contribution is -2.40. The van der Waals surface area contributed by atoms with Crippen LogP contribution >= 0.6 is 22.9 Å². The summed E-state index contributed by atoms with van der Waals surface area (Å²) in [7, 11) is 0. The minimum absolute atomic E-state index is 0.0189. The molecule has 14 heavy (non-hydrogen) atoms. The van der Waals surface area contributed by atoms with Crippen molar-refractivity contribution in [3.8, 4) is 0 Å². The second kappa shape index (κ2) is 4.11. The molecule has 0 aromatic carbocycles. The zero-order chi connectivity index (χ0) is 10.8. The SMILES string of the molecule is C=C(Cl)C(=O)NC(C)(C)c1nccs1. The minimum Gasteiger partial charge on any atom is -0.340 e. The van der Waals surface area contributed by atoms with E-state index in [9.17, 15) is 4.79 Å². The van der Waals surface area contributed by atoms with Crippen LogP contribution in [0.25, 0.3) is 0 Å². The van der Waals surface area contributed by atoms with Gasteiger partial charge in [0.2, 0.25) is 0 Å². The van der Waals surface area contributed by atoms with Crippen LogP contribution in [0.1, 0.15) is 18.9 Å². The van der Waals surface area contributed by atoms with Crippen molar-refractivity contribution in [3.05, 3.63) is 28.2 Å². The van der Waals surface area contributed by atoms with Crippen LogP contribution in [0.5, 0.6) is 0 Å². The maximum Gasteiger partial charge on any atom is 0.262 e. The van der Waals surface area contributed by atoms with Crippen molar-refractivity contribution in [2.45, 2.75) is 19.4 Å². The number of rotatable bonds is 3. The Morgan fingerprint density at radius 1 is 1.71 bits per heavy atom. The van der Waals surface area contributed by atoms with E-state index < -0.39 is 5.54 Å². The molecule has 0 radical (unpaired) electrons. The number of nitrogens with one attached hydrogen (secondary N) is 1. The van der Waals surface area contributed by atoms with E-state index in [2.05, 4.69) is 16.9 Å². The molecule has 0 spiro atoms. The van der Waals surface area contributed by atoms with Crippen molar-refractivity contribution in [1.82, 2.24) is 10.3 Å². The van der Waals surface area contributed by atoms with Crippen LogP contribution in [0.2, 0.25) is 0 Å². The summed E-state index contributed by atoms with van der Waals surface area (Å²) < 4.78 is 0. The van der Waals surface area contributed by atoms with E-state index in [-0.39, 0.29) is 10.9 Å². The van der Waals surface area contributed by atoms with Crippen molar-refractivity contribution in [1.29, 1.82) is 0 Å². The van der Waals surface area contributed by atoms with E-state index in [0.29, 0.717) is 0 Å². The molecule has 0 unspecified atom stereocenters. The zero-order valence-corrected chi connectivity index (χ0v) is 9.58. The fraction of sp³-hybridized carbons (Fsp3) is 0.333. The van der Waals surface area contributed by atoms with Crippen molar-refractivity contribution < 1.29 is 4.79 Å². The number of amides is 1. The van der Waals surface area contributed by atoms with Gasteiger partial charge in [-0.15, -0.1) is 11.3 Å². The molecule has 0 aliphatic carbocycles. The van der Waals surface area contributed by atoms with Crippen LogP contribution in [0.4, 0.5) is 0 Å². The molecule has 1 aromatic rings. The Hall–Kier alpha value is -0.870. The van der Waals surface area contributed by atoms with Gasteiger partial charge in [0.25, 0.3) is 5.91 Å². The Morgan fingerprint density at radius 3 is 2.79 bits per heavy atom. The van der Waals surface area contributed by atoms with Crippen LogP contribution in [-0.4, -0.2) is 10.9 Å². The molecule has 0 saturated heterocycles. The fourth-order valence-corrected chi connectivity index (χ4v) is 1.70. The largest absolute Gasteiger partial charge is 0.340 e. The highest BCUT2D eigenvalue weighted by Crippen LogP contribution is 2.22. The van der Waals surface area contributed by atoms with Gasteiger partial charge in [0.15, 0.2) is 0 Å². The van der Waals surface area contributed by atoms with E-state index in [1.807, 2.05) is 19.2 Å². The quantitative estimate of drug-likeness (QED) is 0.810. The number of thiazole rings is 1. The predicted molar refractivity (Wildman–Crippen MR) is 58.3 cm³/mol. The highest BCUT2D eigenvalue weighted by Gasteiger charge is 2.25. The molecule has 3 nitrogen and oxygen atoms in total.